The quantitative estimate of drug-likeness (QED) is 0.292. The average molecular weight is 326 g/mol. The van der Waals surface area contributed by atoms with Crippen molar-refractivity contribution in [2.75, 3.05) is 39.8 Å². The molecule has 0 aliphatic carbocycles. The van der Waals surface area contributed by atoms with Gasteiger partial charge < -0.3 is 20.3 Å². The Balaban J connectivity index is 2.28. The zero-order chi connectivity index (χ0) is 16.9. The van der Waals surface area contributed by atoms with E-state index < -0.39 is 0 Å². The number of esters is 1. The van der Waals surface area contributed by atoms with Crippen LogP contribution in [-0.4, -0.2) is 62.7 Å². The van der Waals surface area contributed by atoms with Crippen LogP contribution in [0.15, 0.2) is 4.99 Å². The first-order valence-corrected chi connectivity index (χ1v) is 9.03. The minimum absolute atomic E-state index is 0.141. The van der Waals surface area contributed by atoms with Crippen LogP contribution in [0.5, 0.6) is 0 Å². The second-order valence-electron chi connectivity index (χ2n) is 6.05. The van der Waals surface area contributed by atoms with E-state index in [-0.39, 0.29) is 5.97 Å². The number of rotatable bonds is 9. The van der Waals surface area contributed by atoms with Crippen LogP contribution in [0.3, 0.4) is 0 Å². The molecule has 0 saturated carbocycles. The van der Waals surface area contributed by atoms with E-state index in [1.54, 1.807) is 0 Å². The Bertz CT molecular complexity index is 353. The number of likely N-dealkylation sites (tertiary alicyclic amines) is 1. The average Bonchev–Trinajstić information content (AvgIpc) is 2.56. The summed E-state index contributed by atoms with van der Waals surface area (Å²) in [5.41, 5.74) is 0. The summed E-state index contributed by atoms with van der Waals surface area (Å²) in [6.45, 7) is 9.47. The van der Waals surface area contributed by atoms with Crippen molar-refractivity contribution in [2.45, 2.75) is 58.4 Å². The number of aliphatic imine (C=N–C) groups is 1. The molecule has 6 heteroatoms. The van der Waals surface area contributed by atoms with E-state index in [1.165, 1.54) is 46.0 Å². The monoisotopic (exact) mass is 326 g/mol. The van der Waals surface area contributed by atoms with Crippen molar-refractivity contribution in [2.24, 2.45) is 4.99 Å². The summed E-state index contributed by atoms with van der Waals surface area (Å²) in [6, 6.07) is 0.510. The summed E-state index contributed by atoms with van der Waals surface area (Å²) in [4.78, 5) is 18.2. The van der Waals surface area contributed by atoms with Gasteiger partial charge in [0.15, 0.2) is 5.96 Å². The van der Waals surface area contributed by atoms with Crippen LogP contribution in [0.25, 0.3) is 0 Å². The Morgan fingerprint density at radius 2 is 2.00 bits per heavy atom. The molecule has 0 unspecified atom stereocenters. The number of nitrogens with one attached hydrogen (secondary N) is 2. The lowest BCUT2D eigenvalue weighted by molar-refractivity contribution is -0.140. The Hall–Kier alpha value is -1.30. The highest BCUT2D eigenvalue weighted by molar-refractivity contribution is 5.80. The van der Waals surface area contributed by atoms with E-state index in [1.807, 2.05) is 0 Å². The Kier molecular flexibility index (Phi) is 10.4. The number of nitrogens with zero attached hydrogens (tertiary/aromatic N) is 2. The number of hydrogen-bond acceptors (Lipinski definition) is 4. The van der Waals surface area contributed by atoms with Gasteiger partial charge in [0.2, 0.25) is 0 Å². The highest BCUT2D eigenvalue weighted by Crippen LogP contribution is 2.10. The number of methoxy groups -OCH3 is 1. The summed E-state index contributed by atoms with van der Waals surface area (Å²) in [5.74, 6) is 0.761. The van der Waals surface area contributed by atoms with Gasteiger partial charge in [0.05, 0.1) is 7.11 Å². The van der Waals surface area contributed by atoms with Gasteiger partial charge in [-0.15, -0.1) is 0 Å². The van der Waals surface area contributed by atoms with Gasteiger partial charge in [0, 0.05) is 38.6 Å². The topological polar surface area (TPSA) is 66.0 Å². The van der Waals surface area contributed by atoms with E-state index >= 15 is 0 Å². The van der Waals surface area contributed by atoms with Crippen LogP contribution >= 0.6 is 0 Å². The fourth-order valence-corrected chi connectivity index (χ4v) is 2.80. The molecule has 0 radical (unpaired) electrons. The second kappa shape index (κ2) is 12.2. The molecule has 1 aliphatic rings. The van der Waals surface area contributed by atoms with Crippen molar-refractivity contribution in [3.05, 3.63) is 0 Å². The highest BCUT2D eigenvalue weighted by atomic mass is 16.5. The van der Waals surface area contributed by atoms with Gasteiger partial charge in [-0.25, -0.2) is 0 Å². The Labute approximate surface area is 141 Å². The smallest absolute Gasteiger partial charge is 0.305 e. The molecule has 0 spiro atoms. The van der Waals surface area contributed by atoms with Gasteiger partial charge in [-0.2, -0.15) is 0 Å². The Morgan fingerprint density at radius 3 is 2.61 bits per heavy atom. The normalized spacial score (nSPS) is 17.1. The standard InChI is InChI=1S/C17H34N4O2/c1-4-12-21-13-9-15(10-14-21)20-17(18-5-2)19-11-7-6-8-16(22)23-3/h15H,4-14H2,1-3H3,(H2,18,19,20). The molecular formula is C17H34N4O2. The van der Waals surface area contributed by atoms with Gasteiger partial charge in [-0.05, 0) is 45.6 Å². The fourth-order valence-electron chi connectivity index (χ4n) is 2.80. The van der Waals surface area contributed by atoms with Crippen LogP contribution in [0.4, 0.5) is 0 Å². The van der Waals surface area contributed by atoms with Crippen molar-refractivity contribution in [1.82, 2.24) is 15.5 Å². The number of carbonyl (C=O) groups is 1. The first-order chi connectivity index (χ1) is 11.2. The molecule has 0 amide bonds. The van der Waals surface area contributed by atoms with E-state index in [9.17, 15) is 4.79 Å². The number of ether oxygens (including phenoxy) is 1. The molecule has 0 bridgehead atoms. The number of piperidine rings is 1. The van der Waals surface area contributed by atoms with Crippen LogP contribution in [0, 0.1) is 0 Å². The molecule has 0 atom stereocenters. The minimum Gasteiger partial charge on any atom is -0.469 e. The van der Waals surface area contributed by atoms with Crippen LogP contribution in [0.2, 0.25) is 0 Å². The predicted octanol–water partition coefficient (Wildman–Crippen LogP) is 1.76. The lowest BCUT2D eigenvalue weighted by Gasteiger charge is -2.32. The van der Waals surface area contributed by atoms with Crippen LogP contribution in [0.1, 0.15) is 52.4 Å². The van der Waals surface area contributed by atoms with Crippen molar-refractivity contribution in [3.8, 4) is 0 Å². The zero-order valence-corrected chi connectivity index (χ0v) is 15.1. The number of unbranched alkanes of at least 4 members (excludes halogenated alkanes) is 1. The van der Waals surface area contributed by atoms with Gasteiger partial charge in [-0.1, -0.05) is 6.92 Å². The minimum atomic E-state index is -0.141. The second-order valence-corrected chi connectivity index (χ2v) is 6.05. The van der Waals surface area contributed by atoms with E-state index in [0.717, 1.165) is 31.9 Å². The third kappa shape index (κ3) is 8.79. The third-order valence-corrected chi connectivity index (χ3v) is 4.10. The van der Waals surface area contributed by atoms with Gasteiger partial charge >= 0.3 is 5.97 Å². The summed E-state index contributed by atoms with van der Waals surface area (Å²) >= 11 is 0. The molecule has 1 rings (SSSR count). The molecule has 1 heterocycles. The van der Waals surface area contributed by atoms with E-state index in [2.05, 4.69) is 39.1 Å². The largest absolute Gasteiger partial charge is 0.469 e. The summed E-state index contributed by atoms with van der Waals surface area (Å²) in [7, 11) is 1.43. The molecule has 6 nitrogen and oxygen atoms in total. The van der Waals surface area contributed by atoms with Gasteiger partial charge in [-0.3, -0.25) is 9.79 Å². The summed E-state index contributed by atoms with van der Waals surface area (Å²) in [5, 5.41) is 6.86. The molecule has 134 valence electrons. The maximum absolute atomic E-state index is 11.1. The molecule has 0 aromatic heterocycles. The maximum Gasteiger partial charge on any atom is 0.305 e. The van der Waals surface area contributed by atoms with Crippen LogP contribution in [-0.2, 0) is 9.53 Å². The fraction of sp³-hybridized carbons (Fsp3) is 0.882. The first-order valence-electron chi connectivity index (χ1n) is 9.03. The van der Waals surface area contributed by atoms with Crippen LogP contribution < -0.4 is 10.6 Å². The molecule has 1 fully saturated rings. The third-order valence-electron chi connectivity index (χ3n) is 4.10. The number of guanidine groups is 1. The maximum atomic E-state index is 11.1. The molecular weight excluding hydrogens is 292 g/mol. The molecule has 0 aromatic carbocycles. The van der Waals surface area contributed by atoms with Crippen molar-refractivity contribution < 1.29 is 9.53 Å². The van der Waals surface area contributed by atoms with E-state index in [0.29, 0.717) is 12.5 Å². The van der Waals surface area contributed by atoms with E-state index in [4.69, 9.17) is 0 Å². The van der Waals surface area contributed by atoms with Crippen molar-refractivity contribution in [1.29, 1.82) is 0 Å². The van der Waals surface area contributed by atoms with Gasteiger partial charge in [0.25, 0.3) is 0 Å². The molecule has 23 heavy (non-hydrogen) atoms. The highest BCUT2D eigenvalue weighted by Gasteiger charge is 2.19. The van der Waals surface area contributed by atoms with Crippen molar-refractivity contribution in [3.63, 3.8) is 0 Å². The van der Waals surface area contributed by atoms with Crippen molar-refractivity contribution >= 4 is 11.9 Å². The molecule has 0 aromatic rings. The Morgan fingerprint density at radius 1 is 1.26 bits per heavy atom. The summed E-state index contributed by atoms with van der Waals surface area (Å²) < 4.78 is 4.64. The summed E-state index contributed by atoms with van der Waals surface area (Å²) in [6.07, 6.45) is 5.78. The lowest BCUT2D eigenvalue weighted by Crippen LogP contribution is -2.48. The number of hydrogen-bond donors (Lipinski definition) is 2. The first kappa shape index (κ1) is 19.7. The molecule has 1 aliphatic heterocycles. The number of carbonyl (C=O) groups excluding carboxylic acids is 1. The lowest BCUT2D eigenvalue weighted by atomic mass is 10.1. The zero-order valence-electron chi connectivity index (χ0n) is 15.1. The molecule has 1 saturated heterocycles. The van der Waals surface area contributed by atoms with Gasteiger partial charge in [0.1, 0.15) is 0 Å². The molecule has 2 N–H and O–H groups in total. The SMILES string of the molecule is CCCN1CCC(NC(=NCCCCC(=O)OC)NCC)CC1. The predicted molar refractivity (Wildman–Crippen MR) is 94.7 cm³/mol.